The summed E-state index contributed by atoms with van der Waals surface area (Å²) in [5.74, 6) is -0.797. The zero-order valence-electron chi connectivity index (χ0n) is 22.7. The molecular weight excluding hydrogens is 555 g/mol. The molecule has 0 aliphatic carbocycles. The predicted octanol–water partition coefficient (Wildman–Crippen LogP) is 7.59. The molecule has 2 aromatic carbocycles. The van der Waals surface area contributed by atoms with E-state index >= 15 is 0 Å². The minimum Gasteiger partial charge on any atom is -0.381 e. The lowest BCUT2D eigenvalue weighted by molar-refractivity contribution is -0.210. The minimum atomic E-state index is -4.96. The fraction of sp³-hybridized carbons (Fsp3) is 0.600. The molecular formula is C30H34F7NO3. The van der Waals surface area contributed by atoms with Gasteiger partial charge in [-0.2, -0.15) is 26.3 Å². The molecule has 0 bridgehead atoms. The van der Waals surface area contributed by atoms with Crippen LogP contribution in [-0.4, -0.2) is 50.6 Å². The summed E-state index contributed by atoms with van der Waals surface area (Å²) in [5.41, 5.74) is -2.07. The topological polar surface area (TPSA) is 30.9 Å². The first-order valence-corrected chi connectivity index (χ1v) is 14.0. The molecule has 41 heavy (non-hydrogen) atoms. The zero-order valence-corrected chi connectivity index (χ0v) is 22.7. The Kier molecular flexibility index (Phi) is 8.72. The predicted molar refractivity (Wildman–Crippen MR) is 136 cm³/mol. The van der Waals surface area contributed by atoms with Gasteiger partial charge in [-0.1, -0.05) is 12.1 Å². The number of hydrogen-bond donors (Lipinski definition) is 0. The van der Waals surface area contributed by atoms with Crippen molar-refractivity contribution in [1.82, 2.24) is 4.90 Å². The van der Waals surface area contributed by atoms with Crippen molar-refractivity contribution in [3.8, 4) is 0 Å². The summed E-state index contributed by atoms with van der Waals surface area (Å²) < 4.78 is 112. The monoisotopic (exact) mass is 589 g/mol. The molecule has 1 spiro atoms. The first-order chi connectivity index (χ1) is 19.3. The van der Waals surface area contributed by atoms with Crippen molar-refractivity contribution in [3.05, 3.63) is 70.5 Å². The highest BCUT2D eigenvalue weighted by Gasteiger charge is 2.42. The van der Waals surface area contributed by atoms with Crippen molar-refractivity contribution in [3.63, 3.8) is 0 Å². The van der Waals surface area contributed by atoms with Crippen LogP contribution in [0.1, 0.15) is 66.9 Å². The van der Waals surface area contributed by atoms with Gasteiger partial charge in [-0.15, -0.1) is 0 Å². The van der Waals surface area contributed by atoms with Gasteiger partial charge in [0.05, 0.1) is 30.4 Å². The number of likely N-dealkylation sites (tertiary alicyclic amines) is 1. The molecule has 3 aliphatic heterocycles. The second-order valence-corrected chi connectivity index (χ2v) is 11.6. The molecule has 5 rings (SSSR count). The molecule has 2 aromatic rings. The molecule has 0 saturated carbocycles. The van der Waals surface area contributed by atoms with Crippen molar-refractivity contribution in [1.29, 1.82) is 0 Å². The van der Waals surface area contributed by atoms with Crippen LogP contribution in [0.4, 0.5) is 30.7 Å². The van der Waals surface area contributed by atoms with Crippen LogP contribution in [0.25, 0.3) is 0 Å². The summed E-state index contributed by atoms with van der Waals surface area (Å²) in [5, 5.41) is 0. The average Bonchev–Trinajstić information content (AvgIpc) is 3.38. The van der Waals surface area contributed by atoms with E-state index in [0.29, 0.717) is 25.2 Å². The first kappa shape index (κ1) is 30.3. The highest BCUT2D eigenvalue weighted by molar-refractivity contribution is 5.35. The standard InChI is InChI=1S/C30H34F7NO3/c1-19(22-14-23(29(32,33)34)16-24(15-22)30(35,36)37)41-27-26(20-2-4-25(31)5-3-20)21(6-12-40-27)17-38-10-7-28(8-11-38)9-13-39-18-28/h2-5,14-16,19,21,26-27H,6-13,17-18H2,1H3/t19-,21+,26+,27-/m1/s1. The molecule has 3 heterocycles. The van der Waals surface area contributed by atoms with E-state index in [1.165, 1.54) is 19.1 Å². The van der Waals surface area contributed by atoms with Crippen LogP contribution in [0.3, 0.4) is 0 Å². The number of alkyl halides is 6. The maximum absolute atomic E-state index is 13.8. The van der Waals surface area contributed by atoms with Gasteiger partial charge in [0.25, 0.3) is 0 Å². The molecule has 4 nitrogen and oxygen atoms in total. The van der Waals surface area contributed by atoms with Gasteiger partial charge in [0, 0.05) is 19.1 Å². The maximum atomic E-state index is 13.8. The number of piperidine rings is 1. The fourth-order valence-electron chi connectivity index (χ4n) is 6.36. The van der Waals surface area contributed by atoms with Gasteiger partial charge in [0.1, 0.15) is 5.82 Å². The van der Waals surface area contributed by atoms with Gasteiger partial charge in [-0.25, -0.2) is 4.39 Å². The van der Waals surface area contributed by atoms with E-state index in [9.17, 15) is 30.7 Å². The van der Waals surface area contributed by atoms with Gasteiger partial charge in [-0.3, -0.25) is 0 Å². The highest BCUT2D eigenvalue weighted by Crippen LogP contribution is 2.43. The molecule has 3 fully saturated rings. The van der Waals surface area contributed by atoms with E-state index in [1.54, 1.807) is 12.1 Å². The number of benzene rings is 2. The number of halogens is 7. The summed E-state index contributed by atoms with van der Waals surface area (Å²) in [7, 11) is 0. The van der Waals surface area contributed by atoms with E-state index < -0.39 is 47.6 Å². The van der Waals surface area contributed by atoms with Crippen LogP contribution in [0.2, 0.25) is 0 Å². The molecule has 0 unspecified atom stereocenters. The second-order valence-electron chi connectivity index (χ2n) is 11.6. The van der Waals surface area contributed by atoms with Gasteiger partial charge < -0.3 is 19.1 Å². The Hall–Kier alpha value is -2.21. The fourth-order valence-corrected chi connectivity index (χ4v) is 6.36. The summed E-state index contributed by atoms with van der Waals surface area (Å²) >= 11 is 0. The Labute approximate surface area is 234 Å². The average molecular weight is 590 g/mol. The molecule has 4 atom stereocenters. The van der Waals surface area contributed by atoms with Crippen molar-refractivity contribution < 1.29 is 44.9 Å². The smallest absolute Gasteiger partial charge is 0.381 e. The minimum absolute atomic E-state index is 0.0209. The van der Waals surface area contributed by atoms with Crippen molar-refractivity contribution in [2.75, 3.05) is 39.5 Å². The number of rotatable bonds is 6. The van der Waals surface area contributed by atoms with Gasteiger partial charge >= 0.3 is 12.4 Å². The number of hydrogen-bond acceptors (Lipinski definition) is 4. The largest absolute Gasteiger partial charge is 0.416 e. The van der Waals surface area contributed by atoms with Crippen LogP contribution < -0.4 is 0 Å². The highest BCUT2D eigenvalue weighted by atomic mass is 19.4. The van der Waals surface area contributed by atoms with Crippen molar-refractivity contribution >= 4 is 0 Å². The molecule has 0 N–H and O–H groups in total. The summed E-state index contributed by atoms with van der Waals surface area (Å²) in [6, 6.07) is 7.40. The summed E-state index contributed by atoms with van der Waals surface area (Å²) in [6.07, 6.45) is -8.19. The Morgan fingerprint density at radius 2 is 1.56 bits per heavy atom. The SMILES string of the molecule is C[C@@H](O[C@H]1OCC[C@@H](CN2CCC3(CCOC3)CC2)[C@@H]1c1ccc(F)cc1)c1cc(C(F)(F)F)cc(C(F)(F)F)c1. The summed E-state index contributed by atoms with van der Waals surface area (Å²) in [4.78, 5) is 2.39. The van der Waals surface area contributed by atoms with Gasteiger partial charge in [0.15, 0.2) is 6.29 Å². The molecule has 11 heteroatoms. The lowest BCUT2D eigenvalue weighted by Gasteiger charge is -2.44. The van der Waals surface area contributed by atoms with E-state index in [0.717, 1.165) is 57.7 Å². The van der Waals surface area contributed by atoms with Crippen LogP contribution in [-0.2, 0) is 26.6 Å². The lowest BCUT2D eigenvalue weighted by atomic mass is 9.77. The number of nitrogens with zero attached hydrogens (tertiary/aromatic N) is 1. The van der Waals surface area contributed by atoms with Gasteiger partial charge in [0.2, 0.25) is 0 Å². The third-order valence-electron chi connectivity index (χ3n) is 8.84. The molecule has 0 radical (unpaired) electrons. The van der Waals surface area contributed by atoms with E-state index in [2.05, 4.69) is 4.90 Å². The van der Waals surface area contributed by atoms with Gasteiger partial charge in [-0.05, 0) is 98.5 Å². The van der Waals surface area contributed by atoms with E-state index in [1.807, 2.05) is 0 Å². The molecule has 0 amide bonds. The third kappa shape index (κ3) is 7.06. The maximum Gasteiger partial charge on any atom is 0.416 e. The summed E-state index contributed by atoms with van der Waals surface area (Å²) in [6.45, 7) is 5.85. The Morgan fingerprint density at radius 3 is 2.12 bits per heavy atom. The third-order valence-corrected chi connectivity index (χ3v) is 8.84. The number of ether oxygens (including phenoxy) is 3. The van der Waals surface area contributed by atoms with E-state index in [4.69, 9.17) is 14.2 Å². The normalized spacial score (nSPS) is 26.4. The molecule has 226 valence electrons. The van der Waals surface area contributed by atoms with Crippen LogP contribution in [0.5, 0.6) is 0 Å². The zero-order chi connectivity index (χ0) is 29.4. The molecule has 3 aliphatic rings. The quantitative estimate of drug-likeness (QED) is 0.325. The Bertz CT molecular complexity index is 1140. The van der Waals surface area contributed by atoms with Crippen molar-refractivity contribution in [2.45, 2.75) is 63.3 Å². The van der Waals surface area contributed by atoms with Crippen LogP contribution in [0, 0.1) is 17.2 Å². The second kappa shape index (κ2) is 11.8. The van der Waals surface area contributed by atoms with Crippen LogP contribution in [0.15, 0.2) is 42.5 Å². The van der Waals surface area contributed by atoms with E-state index in [-0.39, 0.29) is 23.0 Å². The molecule has 0 aromatic heterocycles. The Morgan fingerprint density at radius 1 is 0.927 bits per heavy atom. The van der Waals surface area contributed by atoms with Crippen molar-refractivity contribution in [2.24, 2.45) is 11.3 Å². The molecule has 3 saturated heterocycles. The lowest BCUT2D eigenvalue weighted by Crippen LogP contribution is -2.46. The van der Waals surface area contributed by atoms with Crippen LogP contribution >= 0.6 is 0 Å². The first-order valence-electron chi connectivity index (χ1n) is 14.0. The Balaban J connectivity index is 1.38.